The second kappa shape index (κ2) is 7.30. The predicted octanol–water partition coefficient (Wildman–Crippen LogP) is 1.34. The molecular weight excluding hydrogens is 264 g/mol. The second-order valence-electron chi connectivity index (χ2n) is 4.39. The Morgan fingerprint density at radius 1 is 1.63 bits per heavy atom. The van der Waals surface area contributed by atoms with Crippen molar-refractivity contribution in [2.24, 2.45) is 0 Å². The molecule has 0 aromatic carbocycles. The lowest BCUT2D eigenvalue weighted by molar-refractivity contribution is 0.0874. The largest absolute Gasteiger partial charge is 0.382 e. The van der Waals surface area contributed by atoms with E-state index >= 15 is 0 Å². The molecule has 0 aliphatic heterocycles. The lowest BCUT2D eigenvalue weighted by Crippen LogP contribution is -2.31. The van der Waals surface area contributed by atoms with Gasteiger partial charge in [0.05, 0.1) is 6.10 Å². The van der Waals surface area contributed by atoms with Gasteiger partial charge in [-0.05, 0) is 13.3 Å². The van der Waals surface area contributed by atoms with Crippen LogP contribution in [0.25, 0.3) is 0 Å². The number of hydrogen-bond acceptors (Lipinski definition) is 6. The van der Waals surface area contributed by atoms with E-state index in [9.17, 15) is 4.79 Å². The van der Waals surface area contributed by atoms with E-state index in [0.29, 0.717) is 11.4 Å². The maximum atomic E-state index is 12.0. The van der Waals surface area contributed by atoms with Gasteiger partial charge in [0.1, 0.15) is 10.7 Å². The summed E-state index contributed by atoms with van der Waals surface area (Å²) in [5.74, 6) is 0.0839. The Hall–Kier alpha value is -1.34. The van der Waals surface area contributed by atoms with Gasteiger partial charge < -0.3 is 20.7 Å². The number of carbonyl (C=O) groups excluding carboxylic acids is 1. The van der Waals surface area contributed by atoms with Crippen LogP contribution >= 0.6 is 11.3 Å². The summed E-state index contributed by atoms with van der Waals surface area (Å²) in [5, 5.41) is 3.55. The van der Waals surface area contributed by atoms with Crippen molar-refractivity contribution in [1.82, 2.24) is 10.3 Å². The van der Waals surface area contributed by atoms with Crippen molar-refractivity contribution < 1.29 is 9.53 Å². The molecule has 3 N–H and O–H groups in total. The fraction of sp³-hybridized carbons (Fsp3) is 0.667. The van der Waals surface area contributed by atoms with E-state index in [2.05, 4.69) is 17.2 Å². The number of amides is 1. The maximum Gasteiger partial charge on any atom is 0.265 e. The van der Waals surface area contributed by atoms with Crippen LogP contribution in [0.15, 0.2) is 0 Å². The summed E-state index contributed by atoms with van der Waals surface area (Å²) < 4.78 is 5.08. The van der Waals surface area contributed by atoms with Crippen molar-refractivity contribution in [3.63, 3.8) is 0 Å². The number of anilines is 2. The van der Waals surface area contributed by atoms with Crippen molar-refractivity contribution in [3.05, 3.63) is 4.88 Å². The molecule has 7 heteroatoms. The number of nitrogens with two attached hydrogens (primary N) is 1. The van der Waals surface area contributed by atoms with Gasteiger partial charge in [-0.3, -0.25) is 4.79 Å². The third-order valence-electron chi connectivity index (χ3n) is 2.69. The highest BCUT2D eigenvalue weighted by atomic mass is 32.1. The molecule has 1 rings (SSSR count). The molecular formula is C12H22N4O2S. The highest BCUT2D eigenvalue weighted by Gasteiger charge is 2.18. The van der Waals surface area contributed by atoms with Gasteiger partial charge in [-0.2, -0.15) is 0 Å². The van der Waals surface area contributed by atoms with E-state index in [4.69, 9.17) is 10.5 Å². The molecule has 1 aromatic rings. The maximum absolute atomic E-state index is 12.0. The van der Waals surface area contributed by atoms with Crippen molar-refractivity contribution >= 4 is 28.2 Å². The van der Waals surface area contributed by atoms with Crippen molar-refractivity contribution in [1.29, 1.82) is 0 Å². The number of ether oxygens (including phenoxy) is 1. The van der Waals surface area contributed by atoms with Crippen LogP contribution in [0.1, 0.15) is 29.9 Å². The molecule has 0 radical (unpaired) electrons. The van der Waals surface area contributed by atoms with Gasteiger partial charge in [0.2, 0.25) is 0 Å². The third kappa shape index (κ3) is 4.36. The fourth-order valence-electron chi connectivity index (χ4n) is 1.48. The number of hydrogen-bond donors (Lipinski definition) is 2. The minimum atomic E-state index is -0.199. The number of nitrogens with zero attached hydrogens (tertiary/aromatic N) is 2. The number of methoxy groups -OCH3 is 1. The number of rotatable bonds is 7. The van der Waals surface area contributed by atoms with Crippen molar-refractivity contribution in [2.75, 3.05) is 37.9 Å². The zero-order valence-corrected chi connectivity index (χ0v) is 12.7. The fourth-order valence-corrected chi connectivity index (χ4v) is 2.37. The number of carbonyl (C=O) groups is 1. The monoisotopic (exact) mass is 286 g/mol. The Labute approximate surface area is 118 Å². The Balaban J connectivity index is 2.70. The average Bonchev–Trinajstić information content (AvgIpc) is 2.78. The van der Waals surface area contributed by atoms with Gasteiger partial charge in [0.25, 0.3) is 5.91 Å². The van der Waals surface area contributed by atoms with E-state index in [1.807, 2.05) is 18.9 Å². The molecule has 0 aliphatic carbocycles. The summed E-state index contributed by atoms with van der Waals surface area (Å²) in [7, 11) is 3.55. The Morgan fingerprint density at radius 3 is 2.89 bits per heavy atom. The quantitative estimate of drug-likeness (QED) is 0.790. The number of nitrogens with one attached hydrogen (secondary N) is 1. The minimum Gasteiger partial charge on any atom is -0.382 e. The molecule has 0 aliphatic rings. The first-order valence-corrected chi connectivity index (χ1v) is 7.09. The Kier molecular flexibility index (Phi) is 6.04. The van der Waals surface area contributed by atoms with Gasteiger partial charge in [-0.25, -0.2) is 4.98 Å². The second-order valence-corrected chi connectivity index (χ2v) is 5.37. The van der Waals surface area contributed by atoms with Crippen LogP contribution in [0, 0.1) is 0 Å². The first-order chi connectivity index (χ1) is 8.99. The van der Waals surface area contributed by atoms with Crippen LogP contribution in [0.2, 0.25) is 0 Å². The predicted molar refractivity (Wildman–Crippen MR) is 78.9 cm³/mol. The van der Waals surface area contributed by atoms with Crippen LogP contribution in [-0.2, 0) is 4.74 Å². The van der Waals surface area contributed by atoms with E-state index in [1.54, 1.807) is 7.11 Å². The Bertz CT molecular complexity index is 422. The van der Waals surface area contributed by atoms with Crippen LogP contribution in [0.3, 0.4) is 0 Å². The van der Waals surface area contributed by atoms with Gasteiger partial charge >= 0.3 is 0 Å². The molecule has 1 aromatic heterocycles. The normalized spacial score (nSPS) is 12.2. The van der Waals surface area contributed by atoms with Crippen LogP contribution in [0.5, 0.6) is 0 Å². The molecule has 0 bridgehead atoms. The van der Waals surface area contributed by atoms with Gasteiger partial charge in [-0.1, -0.05) is 18.3 Å². The first kappa shape index (κ1) is 15.7. The molecule has 19 heavy (non-hydrogen) atoms. The van der Waals surface area contributed by atoms with Crippen molar-refractivity contribution in [2.45, 2.75) is 26.4 Å². The summed E-state index contributed by atoms with van der Waals surface area (Å²) >= 11 is 1.31. The van der Waals surface area contributed by atoms with Gasteiger partial charge in [-0.15, -0.1) is 0 Å². The Morgan fingerprint density at radius 2 is 2.32 bits per heavy atom. The third-order valence-corrected chi connectivity index (χ3v) is 3.87. The topological polar surface area (TPSA) is 80.5 Å². The van der Waals surface area contributed by atoms with Crippen LogP contribution in [0.4, 0.5) is 10.9 Å². The van der Waals surface area contributed by atoms with E-state index in [-0.39, 0.29) is 17.8 Å². The number of aromatic nitrogens is 1. The van der Waals surface area contributed by atoms with Gasteiger partial charge in [0, 0.05) is 27.2 Å². The number of nitrogen functional groups attached to an aromatic ring is 1. The molecule has 0 fully saturated rings. The zero-order valence-electron chi connectivity index (χ0n) is 11.9. The number of thiazole rings is 1. The molecule has 1 atom stereocenters. The summed E-state index contributed by atoms with van der Waals surface area (Å²) in [6, 6.07) is 0. The molecule has 1 amide bonds. The summed E-state index contributed by atoms with van der Waals surface area (Å²) in [5.41, 5.74) is 5.80. The van der Waals surface area contributed by atoms with Crippen LogP contribution < -0.4 is 16.0 Å². The molecule has 0 spiro atoms. The van der Waals surface area contributed by atoms with E-state index in [1.165, 1.54) is 11.3 Å². The standard InChI is InChI=1S/C12H22N4O2S/c1-5-6-16(3)12-15-10(13)9(19-12)11(17)14-7-8(2)18-4/h8H,5-7,13H2,1-4H3,(H,14,17). The molecule has 6 nitrogen and oxygen atoms in total. The summed E-state index contributed by atoms with van der Waals surface area (Å²) in [6.07, 6.45) is 0.989. The SMILES string of the molecule is CCCN(C)c1nc(N)c(C(=O)NCC(C)OC)s1. The van der Waals surface area contributed by atoms with E-state index < -0.39 is 0 Å². The van der Waals surface area contributed by atoms with Crippen molar-refractivity contribution in [3.8, 4) is 0 Å². The smallest absolute Gasteiger partial charge is 0.265 e. The first-order valence-electron chi connectivity index (χ1n) is 6.28. The minimum absolute atomic E-state index is 0.0275. The molecule has 0 saturated carbocycles. The zero-order chi connectivity index (χ0) is 14.4. The molecule has 1 unspecified atom stereocenters. The average molecular weight is 286 g/mol. The van der Waals surface area contributed by atoms with Gasteiger partial charge in [0.15, 0.2) is 5.13 Å². The van der Waals surface area contributed by atoms with Crippen LogP contribution in [-0.4, -0.2) is 44.2 Å². The highest BCUT2D eigenvalue weighted by molar-refractivity contribution is 7.18. The van der Waals surface area contributed by atoms with E-state index in [0.717, 1.165) is 18.1 Å². The summed E-state index contributed by atoms with van der Waals surface area (Å²) in [4.78, 5) is 18.7. The molecule has 0 saturated heterocycles. The lowest BCUT2D eigenvalue weighted by Gasteiger charge is -2.13. The molecule has 108 valence electrons. The highest BCUT2D eigenvalue weighted by Crippen LogP contribution is 2.27. The lowest BCUT2D eigenvalue weighted by atomic mass is 10.4. The molecule has 1 heterocycles. The summed E-state index contributed by atoms with van der Waals surface area (Å²) in [6.45, 7) is 5.31.